The van der Waals surface area contributed by atoms with Crippen molar-refractivity contribution in [2.45, 2.75) is 202 Å². The molecule has 0 fully saturated rings. The molecule has 0 atom stereocenters. The summed E-state index contributed by atoms with van der Waals surface area (Å²) in [6, 6.07) is 0. The van der Waals surface area contributed by atoms with Gasteiger partial charge in [-0.1, -0.05) is 163 Å². The minimum Gasteiger partial charge on any atom is -0.465 e. The highest BCUT2D eigenvalue weighted by Gasteiger charge is 2.37. The number of hydrogen-bond acceptors (Lipinski definition) is 7. The van der Waals surface area contributed by atoms with Gasteiger partial charge in [0.05, 0.1) is 23.9 Å². The van der Waals surface area contributed by atoms with Crippen LogP contribution in [0.3, 0.4) is 0 Å². The standard InChI is InChI=1S/C41H78O7/c1-6-11-16-21-26-31-38(43)46-33-41(32-42,34-47-39(44)36(27-22-17-12-7-2)28-23-18-13-8-3)35-48-40(45)37(29-24-19-14-9-4)30-25-20-15-10-5/h36-37,42H,6-35H2,1-5H3. The molecule has 0 amide bonds. The molecule has 0 aliphatic rings. The fraction of sp³-hybridized carbons (Fsp3) is 0.927. The van der Waals surface area contributed by atoms with Gasteiger partial charge in [-0.25, -0.2) is 0 Å². The van der Waals surface area contributed by atoms with Crippen LogP contribution in [0.25, 0.3) is 0 Å². The van der Waals surface area contributed by atoms with E-state index in [0.717, 1.165) is 161 Å². The van der Waals surface area contributed by atoms with E-state index in [1.165, 1.54) is 0 Å². The molecule has 0 aromatic heterocycles. The van der Waals surface area contributed by atoms with Gasteiger partial charge < -0.3 is 19.3 Å². The second-order valence-corrected chi connectivity index (χ2v) is 14.5. The van der Waals surface area contributed by atoms with Gasteiger partial charge in [0.2, 0.25) is 0 Å². The van der Waals surface area contributed by atoms with Crippen LogP contribution in [0.15, 0.2) is 0 Å². The lowest BCUT2D eigenvalue weighted by Crippen LogP contribution is -2.43. The van der Waals surface area contributed by atoms with Crippen LogP contribution >= 0.6 is 0 Å². The van der Waals surface area contributed by atoms with E-state index < -0.39 is 12.0 Å². The van der Waals surface area contributed by atoms with Gasteiger partial charge in [-0.2, -0.15) is 0 Å². The molecule has 0 rings (SSSR count). The van der Waals surface area contributed by atoms with E-state index in [0.29, 0.717) is 6.42 Å². The minimum absolute atomic E-state index is 0.155. The summed E-state index contributed by atoms with van der Waals surface area (Å²) in [5.74, 6) is -1.26. The van der Waals surface area contributed by atoms with Crippen molar-refractivity contribution in [3.05, 3.63) is 0 Å². The number of carbonyl (C=O) groups excluding carboxylic acids is 3. The molecule has 0 heterocycles. The van der Waals surface area contributed by atoms with Crippen molar-refractivity contribution in [2.24, 2.45) is 17.3 Å². The summed E-state index contributed by atoms with van der Waals surface area (Å²) in [5.41, 5.74) is -1.20. The van der Waals surface area contributed by atoms with Crippen LogP contribution in [0.1, 0.15) is 202 Å². The first-order valence-corrected chi connectivity index (χ1v) is 20.4. The average Bonchev–Trinajstić information content (AvgIpc) is 3.09. The highest BCUT2D eigenvalue weighted by Crippen LogP contribution is 2.26. The van der Waals surface area contributed by atoms with Crippen LogP contribution in [0.5, 0.6) is 0 Å². The molecule has 0 unspecified atom stereocenters. The van der Waals surface area contributed by atoms with Gasteiger partial charge in [-0.3, -0.25) is 14.4 Å². The van der Waals surface area contributed by atoms with Crippen LogP contribution in [0.4, 0.5) is 0 Å². The third-order valence-corrected chi connectivity index (χ3v) is 9.69. The van der Waals surface area contributed by atoms with Crippen molar-refractivity contribution in [1.29, 1.82) is 0 Å². The number of carbonyl (C=O) groups is 3. The third-order valence-electron chi connectivity index (χ3n) is 9.69. The van der Waals surface area contributed by atoms with E-state index in [9.17, 15) is 19.5 Å². The largest absolute Gasteiger partial charge is 0.465 e. The Morgan fingerprint density at radius 2 is 0.771 bits per heavy atom. The molecule has 0 aromatic carbocycles. The topological polar surface area (TPSA) is 99.1 Å². The summed E-state index contributed by atoms with van der Waals surface area (Å²) in [5, 5.41) is 10.7. The van der Waals surface area contributed by atoms with Gasteiger partial charge in [0.1, 0.15) is 19.8 Å². The van der Waals surface area contributed by atoms with Crippen LogP contribution in [0.2, 0.25) is 0 Å². The molecule has 0 radical (unpaired) electrons. The number of hydrogen-bond donors (Lipinski definition) is 1. The van der Waals surface area contributed by atoms with Gasteiger partial charge in [0, 0.05) is 6.42 Å². The van der Waals surface area contributed by atoms with Crippen molar-refractivity contribution in [1.82, 2.24) is 0 Å². The Bertz CT molecular complexity index is 700. The first-order chi connectivity index (χ1) is 23.3. The number of rotatable bonds is 35. The molecule has 48 heavy (non-hydrogen) atoms. The zero-order valence-corrected chi connectivity index (χ0v) is 32.3. The third kappa shape index (κ3) is 24.5. The van der Waals surface area contributed by atoms with Gasteiger partial charge in [-0.15, -0.1) is 0 Å². The molecule has 0 saturated heterocycles. The van der Waals surface area contributed by atoms with Crippen LogP contribution in [-0.4, -0.2) is 49.4 Å². The summed E-state index contributed by atoms with van der Waals surface area (Å²) >= 11 is 0. The van der Waals surface area contributed by atoms with Crippen LogP contribution in [-0.2, 0) is 28.6 Å². The van der Waals surface area contributed by atoms with E-state index in [1.807, 2.05) is 0 Å². The lowest BCUT2D eigenvalue weighted by Gasteiger charge is -2.31. The molecule has 0 saturated carbocycles. The quantitative estimate of drug-likeness (QED) is 0.0403. The molecule has 7 nitrogen and oxygen atoms in total. The lowest BCUT2D eigenvalue weighted by atomic mass is 9.91. The SMILES string of the molecule is CCCCCCCC(=O)OCC(CO)(COC(=O)C(CCCCCC)CCCCCC)COC(=O)C(CCCCCC)CCCCCC. The number of ether oxygens (including phenoxy) is 3. The first-order valence-electron chi connectivity index (χ1n) is 20.4. The Labute approximate surface area is 296 Å². The van der Waals surface area contributed by atoms with Gasteiger partial charge in [0.25, 0.3) is 0 Å². The van der Waals surface area contributed by atoms with Crippen molar-refractivity contribution < 1.29 is 33.7 Å². The second-order valence-electron chi connectivity index (χ2n) is 14.5. The van der Waals surface area contributed by atoms with Crippen molar-refractivity contribution in [3.8, 4) is 0 Å². The monoisotopic (exact) mass is 683 g/mol. The average molecular weight is 683 g/mol. The van der Waals surface area contributed by atoms with Gasteiger partial charge in [-0.05, 0) is 32.1 Å². The highest BCUT2D eigenvalue weighted by molar-refractivity contribution is 5.73. The Morgan fingerprint density at radius 3 is 1.10 bits per heavy atom. The van der Waals surface area contributed by atoms with Crippen molar-refractivity contribution >= 4 is 17.9 Å². The number of unbranched alkanes of at least 4 members (excludes halogenated alkanes) is 16. The van der Waals surface area contributed by atoms with Crippen molar-refractivity contribution in [2.75, 3.05) is 26.4 Å². The number of esters is 3. The Balaban J connectivity index is 5.67. The number of aliphatic hydroxyl groups is 1. The summed E-state index contributed by atoms with van der Waals surface area (Å²) in [4.78, 5) is 39.6. The Morgan fingerprint density at radius 1 is 0.458 bits per heavy atom. The molecule has 0 aliphatic heterocycles. The number of aliphatic hydroxyl groups excluding tert-OH is 1. The molecular formula is C41H78O7. The Kier molecular flexibility index (Phi) is 31.5. The van der Waals surface area contributed by atoms with E-state index >= 15 is 0 Å². The van der Waals surface area contributed by atoms with Crippen LogP contribution in [0, 0.1) is 17.3 Å². The normalized spacial score (nSPS) is 11.8. The fourth-order valence-corrected chi connectivity index (χ4v) is 6.15. The predicted molar refractivity (Wildman–Crippen MR) is 198 cm³/mol. The predicted octanol–water partition coefficient (Wildman–Crippen LogP) is 11.1. The zero-order chi connectivity index (χ0) is 35.7. The summed E-state index contributed by atoms with van der Waals surface area (Å²) < 4.78 is 17.5. The molecule has 0 spiro atoms. The minimum atomic E-state index is -1.20. The molecule has 284 valence electrons. The zero-order valence-electron chi connectivity index (χ0n) is 32.3. The van der Waals surface area contributed by atoms with Crippen LogP contribution < -0.4 is 0 Å². The van der Waals surface area contributed by atoms with Gasteiger partial charge in [0.15, 0.2) is 0 Å². The first kappa shape index (κ1) is 46.4. The van der Waals surface area contributed by atoms with E-state index in [-0.39, 0.29) is 49.6 Å². The molecule has 0 aromatic rings. The maximum absolute atomic E-state index is 13.5. The highest BCUT2D eigenvalue weighted by atomic mass is 16.6. The fourth-order valence-electron chi connectivity index (χ4n) is 6.15. The summed E-state index contributed by atoms with van der Waals surface area (Å²) in [7, 11) is 0. The lowest BCUT2D eigenvalue weighted by molar-refractivity contribution is -0.169. The maximum Gasteiger partial charge on any atom is 0.308 e. The van der Waals surface area contributed by atoms with E-state index in [4.69, 9.17) is 14.2 Å². The molecule has 1 N–H and O–H groups in total. The molecule has 7 heteroatoms. The summed E-state index contributed by atoms with van der Waals surface area (Å²) in [6.45, 7) is 9.98. The second kappa shape index (κ2) is 32.6. The maximum atomic E-state index is 13.5. The molecular weight excluding hydrogens is 604 g/mol. The van der Waals surface area contributed by atoms with Gasteiger partial charge >= 0.3 is 17.9 Å². The Hall–Kier alpha value is -1.63. The summed E-state index contributed by atoms with van der Waals surface area (Å²) in [6.07, 6.45) is 26.0. The smallest absolute Gasteiger partial charge is 0.308 e. The van der Waals surface area contributed by atoms with Crippen molar-refractivity contribution in [3.63, 3.8) is 0 Å². The van der Waals surface area contributed by atoms with E-state index in [1.54, 1.807) is 0 Å². The molecule has 0 bridgehead atoms. The molecule has 0 aliphatic carbocycles. The van der Waals surface area contributed by atoms with E-state index in [2.05, 4.69) is 34.6 Å².